The van der Waals surface area contributed by atoms with Gasteiger partial charge in [-0.3, -0.25) is 14.4 Å². The summed E-state index contributed by atoms with van der Waals surface area (Å²) in [6.45, 7) is 8.55. The molecule has 3 heterocycles. The van der Waals surface area contributed by atoms with Crippen LogP contribution in [-0.4, -0.2) is 63.0 Å². The van der Waals surface area contributed by atoms with Crippen LogP contribution in [0.4, 0.5) is 5.69 Å². The average molecular weight is 566 g/mol. The molecule has 0 saturated carbocycles. The number of nitrogens with zero attached hydrogens (tertiary/aromatic N) is 1. The van der Waals surface area contributed by atoms with Gasteiger partial charge in [0.15, 0.2) is 0 Å². The van der Waals surface area contributed by atoms with E-state index in [0.717, 1.165) is 17.7 Å². The van der Waals surface area contributed by atoms with Crippen molar-refractivity contribution in [3.63, 3.8) is 0 Å². The number of aliphatic hydroxyl groups is 1. The number of carbonyl (C=O) groups is 3. The van der Waals surface area contributed by atoms with Gasteiger partial charge in [0, 0.05) is 17.5 Å². The average Bonchev–Trinajstić information content (AvgIpc) is 3.53. The first kappa shape index (κ1) is 28.5. The maximum absolute atomic E-state index is 14.3. The maximum atomic E-state index is 14.3. The maximum Gasteiger partial charge on any atom is 0.244 e. The number of thioether (sulfide) groups is 1. The van der Waals surface area contributed by atoms with Gasteiger partial charge in [0.1, 0.15) is 11.8 Å². The van der Waals surface area contributed by atoms with Crippen LogP contribution in [0.25, 0.3) is 0 Å². The second-order valence-corrected chi connectivity index (χ2v) is 13.0. The highest BCUT2D eigenvalue weighted by molar-refractivity contribution is 8.02. The lowest BCUT2D eigenvalue weighted by atomic mass is 9.66. The van der Waals surface area contributed by atoms with Crippen LogP contribution >= 0.6 is 11.8 Å². The summed E-state index contributed by atoms with van der Waals surface area (Å²) in [6.07, 6.45) is 0.748. The number of likely N-dealkylation sites (tertiary alicyclic amines) is 1. The quantitative estimate of drug-likeness (QED) is 0.406. The molecular weight excluding hydrogens is 526 g/mol. The van der Waals surface area contributed by atoms with E-state index in [9.17, 15) is 19.5 Å². The first-order valence-corrected chi connectivity index (χ1v) is 15.1. The Labute approximate surface area is 240 Å². The molecule has 0 radical (unpaired) electrons. The van der Waals surface area contributed by atoms with Crippen molar-refractivity contribution in [2.75, 3.05) is 18.5 Å². The van der Waals surface area contributed by atoms with Crippen LogP contribution in [0.3, 0.4) is 0 Å². The van der Waals surface area contributed by atoms with E-state index in [1.807, 2.05) is 63.2 Å². The third-order valence-corrected chi connectivity index (χ3v) is 10.9. The molecule has 214 valence electrons. The molecule has 0 aromatic heterocycles. The van der Waals surface area contributed by atoms with Crippen molar-refractivity contribution < 1.29 is 24.2 Å². The van der Waals surface area contributed by atoms with Gasteiger partial charge in [-0.25, -0.2) is 0 Å². The van der Waals surface area contributed by atoms with E-state index in [4.69, 9.17) is 4.74 Å². The van der Waals surface area contributed by atoms with Crippen LogP contribution in [0.15, 0.2) is 54.6 Å². The third kappa shape index (κ3) is 4.77. The van der Waals surface area contributed by atoms with Crippen LogP contribution in [0.5, 0.6) is 5.75 Å². The Morgan fingerprint density at radius 3 is 2.45 bits per heavy atom. The van der Waals surface area contributed by atoms with E-state index in [0.29, 0.717) is 18.8 Å². The van der Waals surface area contributed by atoms with E-state index in [-0.39, 0.29) is 41.4 Å². The molecular formula is C31H39N3O5S. The molecule has 1 spiro atoms. The SMILES string of the molecule is CCOc1ccc(NC(=O)[C@@H]2[C@H]3C(=O)N([C@@H](CO)C(C)C)C(C(=O)NCc4ccccc4)C34S[C@@H]2CC4C)cc1. The van der Waals surface area contributed by atoms with E-state index < -0.39 is 28.7 Å². The fourth-order valence-electron chi connectivity index (χ4n) is 6.94. The summed E-state index contributed by atoms with van der Waals surface area (Å²) >= 11 is 1.63. The van der Waals surface area contributed by atoms with Gasteiger partial charge in [-0.05, 0) is 55.0 Å². The third-order valence-electron chi connectivity index (χ3n) is 8.79. The predicted molar refractivity (Wildman–Crippen MR) is 156 cm³/mol. The lowest BCUT2D eigenvalue weighted by Gasteiger charge is -2.40. The van der Waals surface area contributed by atoms with E-state index in [2.05, 4.69) is 17.6 Å². The Morgan fingerprint density at radius 1 is 1.12 bits per heavy atom. The standard InChI is InChI=1S/C31H39N3O5S/c1-5-39-22-13-11-21(12-14-22)33-28(36)25-24-15-19(4)31(40-24)26(25)30(38)34(23(17-35)18(2)3)27(31)29(37)32-16-20-9-7-6-8-10-20/h6-14,18-19,23-27,35H,5,15-17H2,1-4H3,(H,32,37)(H,33,36)/t19?,23-,24+,25-,26-,27?,31?/m0/s1. The van der Waals surface area contributed by atoms with Crippen molar-refractivity contribution in [1.29, 1.82) is 0 Å². The molecule has 3 saturated heterocycles. The molecule has 2 aromatic rings. The van der Waals surface area contributed by atoms with Gasteiger partial charge in [-0.2, -0.15) is 0 Å². The number of fused-ring (bicyclic) bond motifs is 1. The minimum Gasteiger partial charge on any atom is -0.494 e. The molecule has 2 bridgehead atoms. The molecule has 3 fully saturated rings. The Morgan fingerprint density at radius 2 is 1.82 bits per heavy atom. The highest BCUT2D eigenvalue weighted by Gasteiger charge is 2.76. The van der Waals surface area contributed by atoms with Crippen molar-refractivity contribution >= 4 is 35.2 Å². The van der Waals surface area contributed by atoms with Gasteiger partial charge in [0.2, 0.25) is 17.7 Å². The van der Waals surface area contributed by atoms with Gasteiger partial charge >= 0.3 is 0 Å². The number of hydrogen-bond acceptors (Lipinski definition) is 6. The lowest BCUT2D eigenvalue weighted by molar-refractivity contribution is -0.143. The van der Waals surface area contributed by atoms with Crippen molar-refractivity contribution in [3.05, 3.63) is 60.2 Å². The Bertz CT molecular complexity index is 1240. The minimum absolute atomic E-state index is 0.0509. The Balaban J connectivity index is 1.46. The minimum atomic E-state index is -0.776. The zero-order chi connectivity index (χ0) is 28.6. The molecule has 3 aliphatic heterocycles. The molecule has 7 atom stereocenters. The first-order chi connectivity index (χ1) is 19.2. The molecule has 40 heavy (non-hydrogen) atoms. The zero-order valence-electron chi connectivity index (χ0n) is 23.5. The summed E-state index contributed by atoms with van der Waals surface area (Å²) in [5.41, 5.74) is 1.60. The van der Waals surface area contributed by atoms with Crippen molar-refractivity contribution in [3.8, 4) is 5.75 Å². The molecule has 9 heteroatoms. The summed E-state index contributed by atoms with van der Waals surface area (Å²) in [6, 6.07) is 15.6. The number of hydrogen-bond donors (Lipinski definition) is 3. The Hall–Kier alpha value is -3.04. The molecule has 0 aliphatic carbocycles. The molecule has 8 nitrogen and oxygen atoms in total. The fourth-order valence-corrected chi connectivity index (χ4v) is 9.35. The predicted octanol–water partition coefficient (Wildman–Crippen LogP) is 3.69. The fraction of sp³-hybridized carbons (Fsp3) is 0.516. The molecule has 2 aromatic carbocycles. The van der Waals surface area contributed by atoms with Crippen molar-refractivity contribution in [2.24, 2.45) is 23.7 Å². The molecule has 3 N–H and O–H groups in total. The highest BCUT2D eigenvalue weighted by atomic mass is 32.2. The van der Waals surface area contributed by atoms with E-state index in [1.165, 1.54) is 0 Å². The number of carbonyl (C=O) groups excluding carboxylic acids is 3. The number of benzene rings is 2. The number of amides is 3. The topological polar surface area (TPSA) is 108 Å². The van der Waals surface area contributed by atoms with E-state index in [1.54, 1.807) is 28.8 Å². The van der Waals surface area contributed by atoms with Crippen LogP contribution in [0.1, 0.15) is 39.7 Å². The van der Waals surface area contributed by atoms with E-state index >= 15 is 0 Å². The van der Waals surface area contributed by atoms with Crippen LogP contribution < -0.4 is 15.4 Å². The zero-order valence-corrected chi connectivity index (χ0v) is 24.3. The van der Waals surface area contributed by atoms with Crippen LogP contribution in [0, 0.1) is 23.7 Å². The first-order valence-electron chi connectivity index (χ1n) is 14.2. The van der Waals surface area contributed by atoms with Crippen LogP contribution in [0.2, 0.25) is 0 Å². The van der Waals surface area contributed by atoms with Gasteiger partial charge in [0.25, 0.3) is 0 Å². The van der Waals surface area contributed by atoms with Gasteiger partial charge in [0.05, 0.1) is 35.8 Å². The van der Waals surface area contributed by atoms with Gasteiger partial charge in [-0.1, -0.05) is 51.1 Å². The summed E-state index contributed by atoms with van der Waals surface area (Å²) in [7, 11) is 0. The lowest BCUT2D eigenvalue weighted by Crippen LogP contribution is -2.59. The summed E-state index contributed by atoms with van der Waals surface area (Å²) in [5.74, 6) is -1.15. The van der Waals surface area contributed by atoms with Crippen LogP contribution in [-0.2, 0) is 20.9 Å². The number of rotatable bonds is 10. The van der Waals surface area contributed by atoms with Crippen molar-refractivity contribution in [2.45, 2.75) is 62.7 Å². The number of aliphatic hydroxyl groups excluding tert-OH is 1. The smallest absolute Gasteiger partial charge is 0.244 e. The molecule has 3 amide bonds. The number of nitrogens with one attached hydrogen (secondary N) is 2. The molecule has 5 rings (SSSR count). The normalized spacial score (nSPS) is 29.4. The molecule has 3 unspecified atom stereocenters. The number of ether oxygens (including phenoxy) is 1. The monoisotopic (exact) mass is 565 g/mol. The second kappa shape index (κ2) is 11.4. The number of anilines is 1. The summed E-state index contributed by atoms with van der Waals surface area (Å²) in [5, 5.41) is 16.4. The highest BCUT2D eigenvalue weighted by Crippen LogP contribution is 2.69. The Kier molecular flexibility index (Phi) is 8.15. The van der Waals surface area contributed by atoms with Gasteiger partial charge in [-0.15, -0.1) is 11.8 Å². The summed E-state index contributed by atoms with van der Waals surface area (Å²) in [4.78, 5) is 43.8. The van der Waals surface area contributed by atoms with Crippen molar-refractivity contribution in [1.82, 2.24) is 10.2 Å². The summed E-state index contributed by atoms with van der Waals surface area (Å²) < 4.78 is 4.77. The largest absolute Gasteiger partial charge is 0.494 e. The van der Waals surface area contributed by atoms with Gasteiger partial charge < -0.3 is 25.4 Å². The second-order valence-electron chi connectivity index (χ2n) is 11.4. The molecule has 3 aliphatic rings.